The molecule has 0 unspecified atom stereocenters. The van der Waals surface area contributed by atoms with Gasteiger partial charge in [-0.15, -0.1) is 10.2 Å². The Balaban J connectivity index is 1.50. The zero-order chi connectivity index (χ0) is 16.9. The summed E-state index contributed by atoms with van der Waals surface area (Å²) in [4.78, 5) is 7.03. The van der Waals surface area contributed by atoms with Gasteiger partial charge in [-0.1, -0.05) is 11.8 Å². The van der Waals surface area contributed by atoms with Gasteiger partial charge in [0.2, 0.25) is 5.16 Å². The highest BCUT2D eigenvalue weighted by Crippen LogP contribution is 2.30. The van der Waals surface area contributed by atoms with Crippen molar-refractivity contribution in [3.8, 4) is 22.9 Å². The molecular formula is C17H18N4O3S. The van der Waals surface area contributed by atoms with Gasteiger partial charge in [-0.05, 0) is 24.3 Å². The first-order valence-corrected chi connectivity index (χ1v) is 9.14. The van der Waals surface area contributed by atoms with Crippen LogP contribution in [0.4, 0.5) is 0 Å². The topological polar surface area (TPSA) is 77.4 Å². The second kappa shape index (κ2) is 7.81. The summed E-state index contributed by atoms with van der Waals surface area (Å²) in [5.74, 6) is 2.17. The molecule has 3 aromatic rings. The standard InChI is InChI=1S/C17H18N4O3S/c1-3-13(23-8-1)15-16(14-4-2-9-24-14)19-20-17(18-15)25-12-7-21-5-10-22-11-6-21/h1-4,8-9H,5-7,10-12H2. The number of hydrogen-bond acceptors (Lipinski definition) is 8. The van der Waals surface area contributed by atoms with Crippen LogP contribution in [0, 0.1) is 0 Å². The summed E-state index contributed by atoms with van der Waals surface area (Å²) in [7, 11) is 0. The summed E-state index contributed by atoms with van der Waals surface area (Å²) in [6.07, 6.45) is 3.22. The molecule has 130 valence electrons. The number of aromatic nitrogens is 3. The molecule has 8 heteroatoms. The van der Waals surface area contributed by atoms with Crippen LogP contribution in [0.25, 0.3) is 22.9 Å². The third-order valence-electron chi connectivity index (χ3n) is 3.92. The maximum Gasteiger partial charge on any atom is 0.209 e. The predicted molar refractivity (Wildman–Crippen MR) is 93.2 cm³/mol. The van der Waals surface area contributed by atoms with Crippen LogP contribution in [0.15, 0.2) is 50.8 Å². The average molecular weight is 358 g/mol. The molecule has 0 atom stereocenters. The zero-order valence-electron chi connectivity index (χ0n) is 13.6. The smallest absolute Gasteiger partial charge is 0.209 e. The van der Waals surface area contributed by atoms with Gasteiger partial charge in [0.1, 0.15) is 5.69 Å². The fraction of sp³-hybridized carbons (Fsp3) is 0.353. The van der Waals surface area contributed by atoms with E-state index in [1.807, 2.05) is 24.3 Å². The Morgan fingerprint density at radius 3 is 2.36 bits per heavy atom. The van der Waals surface area contributed by atoms with E-state index >= 15 is 0 Å². The van der Waals surface area contributed by atoms with Gasteiger partial charge >= 0.3 is 0 Å². The Bertz CT molecular complexity index is 786. The summed E-state index contributed by atoms with van der Waals surface area (Å²) in [6, 6.07) is 7.34. The second-order valence-corrected chi connectivity index (χ2v) is 6.61. The number of rotatable bonds is 6. The minimum atomic E-state index is 0.581. The monoisotopic (exact) mass is 358 g/mol. The van der Waals surface area contributed by atoms with E-state index in [0.717, 1.165) is 38.6 Å². The first kappa shape index (κ1) is 16.3. The predicted octanol–water partition coefficient (Wildman–Crippen LogP) is 2.82. The summed E-state index contributed by atoms with van der Waals surface area (Å²) in [5, 5.41) is 9.20. The molecule has 0 aliphatic carbocycles. The quantitative estimate of drug-likeness (QED) is 0.623. The Morgan fingerprint density at radius 2 is 1.68 bits per heavy atom. The van der Waals surface area contributed by atoms with Crippen molar-refractivity contribution in [1.29, 1.82) is 0 Å². The minimum Gasteiger partial charge on any atom is -0.463 e. The number of hydrogen-bond donors (Lipinski definition) is 0. The first-order valence-electron chi connectivity index (χ1n) is 8.15. The van der Waals surface area contributed by atoms with Crippen LogP contribution in [0.5, 0.6) is 0 Å². The molecule has 1 fully saturated rings. The third-order valence-corrected chi connectivity index (χ3v) is 4.74. The SMILES string of the molecule is c1coc(-c2nnc(SCCN3CCOCC3)nc2-c2ccco2)c1. The Morgan fingerprint density at radius 1 is 0.960 bits per heavy atom. The lowest BCUT2D eigenvalue weighted by atomic mass is 10.2. The van der Waals surface area contributed by atoms with Gasteiger partial charge < -0.3 is 13.6 Å². The first-order chi connectivity index (χ1) is 12.4. The van der Waals surface area contributed by atoms with E-state index in [0.29, 0.717) is 28.1 Å². The molecule has 1 saturated heterocycles. The van der Waals surface area contributed by atoms with Gasteiger partial charge in [-0.2, -0.15) is 0 Å². The van der Waals surface area contributed by atoms with E-state index < -0.39 is 0 Å². The molecule has 1 aliphatic heterocycles. The molecule has 25 heavy (non-hydrogen) atoms. The third kappa shape index (κ3) is 3.92. The van der Waals surface area contributed by atoms with Crippen LogP contribution in [-0.4, -0.2) is 58.7 Å². The number of ether oxygens (including phenoxy) is 1. The summed E-state index contributed by atoms with van der Waals surface area (Å²) < 4.78 is 16.3. The zero-order valence-corrected chi connectivity index (χ0v) is 14.4. The molecular weight excluding hydrogens is 340 g/mol. The molecule has 4 rings (SSSR count). The van der Waals surface area contributed by atoms with E-state index in [4.69, 9.17) is 13.6 Å². The molecule has 0 amide bonds. The van der Waals surface area contributed by atoms with Crippen molar-refractivity contribution in [3.63, 3.8) is 0 Å². The fourth-order valence-corrected chi connectivity index (χ4v) is 3.41. The molecule has 0 N–H and O–H groups in total. The van der Waals surface area contributed by atoms with E-state index in [2.05, 4.69) is 20.1 Å². The largest absolute Gasteiger partial charge is 0.463 e. The maximum atomic E-state index is 5.51. The molecule has 3 aromatic heterocycles. The van der Waals surface area contributed by atoms with E-state index in [1.165, 1.54) is 0 Å². The van der Waals surface area contributed by atoms with Crippen molar-refractivity contribution < 1.29 is 13.6 Å². The lowest BCUT2D eigenvalue weighted by Gasteiger charge is -2.26. The molecule has 0 aromatic carbocycles. The summed E-state index contributed by atoms with van der Waals surface area (Å²) in [6.45, 7) is 4.56. The van der Waals surface area contributed by atoms with Gasteiger partial charge in [0, 0.05) is 25.4 Å². The van der Waals surface area contributed by atoms with Gasteiger partial charge in [0.05, 0.1) is 25.7 Å². The van der Waals surface area contributed by atoms with Crippen LogP contribution >= 0.6 is 11.8 Å². The van der Waals surface area contributed by atoms with Gasteiger partial charge in [0.15, 0.2) is 17.2 Å². The number of morpholine rings is 1. The molecule has 0 saturated carbocycles. The molecule has 0 bridgehead atoms. The Hall–Kier alpha value is -2.16. The number of furan rings is 2. The molecule has 0 spiro atoms. The van der Waals surface area contributed by atoms with E-state index in [9.17, 15) is 0 Å². The lowest BCUT2D eigenvalue weighted by Crippen LogP contribution is -2.37. The molecule has 4 heterocycles. The molecule has 1 aliphatic rings. The summed E-state index contributed by atoms with van der Waals surface area (Å²) in [5.41, 5.74) is 1.22. The maximum absolute atomic E-state index is 5.51. The van der Waals surface area contributed by atoms with Crippen LogP contribution in [-0.2, 0) is 4.74 Å². The minimum absolute atomic E-state index is 0.581. The van der Waals surface area contributed by atoms with E-state index in [-0.39, 0.29) is 0 Å². The van der Waals surface area contributed by atoms with Crippen LogP contribution in [0.2, 0.25) is 0 Å². The Labute approximate surface area is 149 Å². The van der Waals surface area contributed by atoms with Crippen molar-refractivity contribution in [2.24, 2.45) is 0 Å². The highest BCUT2D eigenvalue weighted by molar-refractivity contribution is 7.99. The van der Waals surface area contributed by atoms with Crippen molar-refractivity contribution in [1.82, 2.24) is 20.1 Å². The van der Waals surface area contributed by atoms with Crippen molar-refractivity contribution in [3.05, 3.63) is 36.8 Å². The molecule has 7 nitrogen and oxygen atoms in total. The second-order valence-electron chi connectivity index (χ2n) is 5.55. The summed E-state index contributed by atoms with van der Waals surface area (Å²) >= 11 is 1.59. The molecule has 0 radical (unpaired) electrons. The van der Waals surface area contributed by atoms with Crippen LogP contribution < -0.4 is 0 Å². The fourth-order valence-electron chi connectivity index (χ4n) is 2.63. The Kier molecular flexibility index (Phi) is 5.10. The number of nitrogens with zero attached hydrogens (tertiary/aromatic N) is 4. The van der Waals surface area contributed by atoms with Crippen molar-refractivity contribution in [2.75, 3.05) is 38.6 Å². The highest BCUT2D eigenvalue weighted by atomic mass is 32.2. The lowest BCUT2D eigenvalue weighted by molar-refractivity contribution is 0.0410. The van der Waals surface area contributed by atoms with E-state index in [1.54, 1.807) is 24.3 Å². The van der Waals surface area contributed by atoms with Crippen LogP contribution in [0.1, 0.15) is 0 Å². The number of thioether (sulfide) groups is 1. The van der Waals surface area contributed by atoms with Gasteiger partial charge in [-0.25, -0.2) is 4.98 Å². The van der Waals surface area contributed by atoms with Crippen LogP contribution in [0.3, 0.4) is 0 Å². The van der Waals surface area contributed by atoms with Gasteiger partial charge in [-0.3, -0.25) is 4.90 Å². The van der Waals surface area contributed by atoms with Crippen molar-refractivity contribution in [2.45, 2.75) is 5.16 Å². The van der Waals surface area contributed by atoms with Gasteiger partial charge in [0.25, 0.3) is 0 Å². The normalized spacial score (nSPS) is 15.5. The average Bonchev–Trinajstić information content (AvgIpc) is 3.36. The highest BCUT2D eigenvalue weighted by Gasteiger charge is 2.18. The van der Waals surface area contributed by atoms with Crippen molar-refractivity contribution >= 4 is 11.8 Å².